The van der Waals surface area contributed by atoms with E-state index in [1.54, 1.807) is 23.5 Å². The average molecular weight is 370 g/mol. The molecule has 136 valence electrons. The highest BCUT2D eigenvalue weighted by molar-refractivity contribution is 7.11. The summed E-state index contributed by atoms with van der Waals surface area (Å²) in [6.45, 7) is 5.03. The quantitative estimate of drug-likeness (QED) is 0.649. The Bertz CT molecular complexity index is 958. The maximum absolute atomic E-state index is 12.4. The van der Waals surface area contributed by atoms with Crippen molar-refractivity contribution in [2.75, 3.05) is 6.54 Å². The van der Waals surface area contributed by atoms with Crippen LogP contribution in [0, 0.1) is 13.8 Å². The first-order chi connectivity index (χ1) is 12.5. The van der Waals surface area contributed by atoms with Gasteiger partial charge in [-0.15, -0.1) is 11.3 Å². The van der Waals surface area contributed by atoms with Gasteiger partial charge in [0.05, 0.1) is 27.9 Å². The van der Waals surface area contributed by atoms with Gasteiger partial charge in [0.2, 0.25) is 5.91 Å². The Hall–Kier alpha value is -2.54. The van der Waals surface area contributed by atoms with Crippen LogP contribution in [0.15, 0.2) is 35.4 Å². The minimum absolute atomic E-state index is 0.0587. The number of fused-ring (bicyclic) bond motifs is 1. The van der Waals surface area contributed by atoms with E-state index in [-0.39, 0.29) is 17.9 Å². The van der Waals surface area contributed by atoms with Crippen molar-refractivity contribution in [3.05, 3.63) is 56.5 Å². The number of nitrogens with zero attached hydrogens (tertiary/aromatic N) is 3. The normalized spacial score (nSPS) is 11.0. The van der Waals surface area contributed by atoms with Crippen LogP contribution in [0.1, 0.15) is 28.4 Å². The summed E-state index contributed by atoms with van der Waals surface area (Å²) >= 11 is 1.71. The molecule has 6 nitrogen and oxygen atoms in total. The van der Waals surface area contributed by atoms with E-state index in [0.29, 0.717) is 24.0 Å². The van der Waals surface area contributed by atoms with Crippen LogP contribution in [0.4, 0.5) is 0 Å². The van der Waals surface area contributed by atoms with Crippen LogP contribution in [0.5, 0.6) is 0 Å². The van der Waals surface area contributed by atoms with Gasteiger partial charge in [-0.05, 0) is 32.4 Å². The number of hydrogen-bond donors (Lipinski definition) is 1. The zero-order chi connectivity index (χ0) is 18.5. The number of amides is 1. The summed E-state index contributed by atoms with van der Waals surface area (Å²) in [4.78, 5) is 34.4. The zero-order valence-electron chi connectivity index (χ0n) is 15.0. The highest BCUT2D eigenvalue weighted by atomic mass is 32.1. The first kappa shape index (κ1) is 18.3. The third-order valence-corrected chi connectivity index (χ3v) is 5.41. The van der Waals surface area contributed by atoms with E-state index in [9.17, 15) is 9.59 Å². The Morgan fingerprint density at radius 1 is 1.27 bits per heavy atom. The Labute approximate surface area is 155 Å². The fourth-order valence-electron chi connectivity index (χ4n) is 2.69. The number of benzene rings is 1. The molecule has 0 saturated carbocycles. The Kier molecular flexibility index (Phi) is 5.78. The standard InChI is InChI=1S/C19H22N4O2S/c1-13-14(2)26-18(22-13)8-5-10-20-17(24)9-11-23-12-21-16-7-4-3-6-15(16)19(23)25/h3-4,6-7,12H,5,8-11H2,1-2H3,(H,20,24). The molecule has 1 N–H and O–H groups in total. The smallest absolute Gasteiger partial charge is 0.261 e. The van der Waals surface area contributed by atoms with E-state index < -0.39 is 0 Å². The highest BCUT2D eigenvalue weighted by Gasteiger charge is 2.07. The second kappa shape index (κ2) is 8.23. The molecule has 0 spiro atoms. The van der Waals surface area contributed by atoms with Crippen LogP contribution in [0.2, 0.25) is 0 Å². The van der Waals surface area contributed by atoms with Crippen LogP contribution in [0.25, 0.3) is 10.9 Å². The molecule has 0 unspecified atom stereocenters. The van der Waals surface area contributed by atoms with Crippen molar-refractivity contribution in [1.29, 1.82) is 0 Å². The molecule has 2 heterocycles. The number of hydrogen-bond acceptors (Lipinski definition) is 5. The number of carbonyl (C=O) groups excluding carboxylic acids is 1. The molecule has 0 atom stereocenters. The van der Waals surface area contributed by atoms with Crippen molar-refractivity contribution in [1.82, 2.24) is 19.9 Å². The van der Waals surface area contributed by atoms with Gasteiger partial charge >= 0.3 is 0 Å². The van der Waals surface area contributed by atoms with Crippen LogP contribution < -0.4 is 10.9 Å². The van der Waals surface area contributed by atoms with Gasteiger partial charge in [0, 0.05) is 30.8 Å². The van der Waals surface area contributed by atoms with Crippen LogP contribution in [-0.2, 0) is 17.8 Å². The minimum Gasteiger partial charge on any atom is -0.356 e. The molecule has 0 fully saturated rings. The lowest BCUT2D eigenvalue weighted by atomic mass is 10.2. The summed E-state index contributed by atoms with van der Waals surface area (Å²) in [6.07, 6.45) is 3.49. The molecule has 2 aromatic heterocycles. The van der Waals surface area contributed by atoms with E-state index in [4.69, 9.17) is 0 Å². The molecule has 3 aromatic rings. The predicted octanol–water partition coefficient (Wildman–Crippen LogP) is 2.61. The van der Waals surface area contributed by atoms with E-state index in [1.807, 2.05) is 19.1 Å². The Balaban J connectivity index is 1.45. The van der Waals surface area contributed by atoms with Crippen LogP contribution in [-0.4, -0.2) is 27.0 Å². The molecule has 26 heavy (non-hydrogen) atoms. The van der Waals surface area contributed by atoms with E-state index in [2.05, 4.69) is 22.2 Å². The number of aromatic nitrogens is 3. The molecule has 0 aliphatic rings. The lowest BCUT2D eigenvalue weighted by Gasteiger charge is -2.07. The number of thiazole rings is 1. The Morgan fingerprint density at radius 2 is 2.08 bits per heavy atom. The van der Waals surface area contributed by atoms with Crippen LogP contribution >= 0.6 is 11.3 Å². The summed E-state index contributed by atoms with van der Waals surface area (Å²) in [5.74, 6) is -0.0587. The average Bonchev–Trinajstić information content (AvgIpc) is 2.96. The van der Waals surface area contributed by atoms with E-state index >= 15 is 0 Å². The topological polar surface area (TPSA) is 76.9 Å². The van der Waals surface area contributed by atoms with Crippen molar-refractivity contribution in [3.8, 4) is 0 Å². The lowest BCUT2D eigenvalue weighted by Crippen LogP contribution is -2.28. The summed E-state index contributed by atoms with van der Waals surface area (Å²) in [7, 11) is 0. The predicted molar refractivity (Wildman–Crippen MR) is 104 cm³/mol. The molecule has 0 bridgehead atoms. The molecule has 0 radical (unpaired) electrons. The molecule has 1 amide bonds. The van der Waals surface area contributed by atoms with Gasteiger partial charge in [-0.2, -0.15) is 0 Å². The van der Waals surface area contributed by atoms with Gasteiger partial charge in [0.15, 0.2) is 0 Å². The molecule has 0 aliphatic carbocycles. The SMILES string of the molecule is Cc1nc(CCCNC(=O)CCn2cnc3ccccc3c2=O)sc1C. The van der Waals surface area contributed by atoms with Crippen molar-refractivity contribution < 1.29 is 4.79 Å². The maximum Gasteiger partial charge on any atom is 0.261 e. The number of rotatable bonds is 7. The Morgan fingerprint density at radius 3 is 2.85 bits per heavy atom. The fourth-order valence-corrected chi connectivity index (χ4v) is 3.67. The van der Waals surface area contributed by atoms with Gasteiger partial charge in [-0.25, -0.2) is 9.97 Å². The summed E-state index contributed by atoms with van der Waals surface area (Å²) in [5.41, 5.74) is 1.65. The van der Waals surface area contributed by atoms with E-state index in [0.717, 1.165) is 23.5 Å². The summed E-state index contributed by atoms with van der Waals surface area (Å²) < 4.78 is 1.49. The molecule has 0 saturated heterocycles. The van der Waals surface area contributed by atoms with Crippen molar-refractivity contribution >= 4 is 28.1 Å². The second-order valence-electron chi connectivity index (χ2n) is 6.21. The van der Waals surface area contributed by atoms with Gasteiger partial charge in [-0.1, -0.05) is 12.1 Å². The molecule has 1 aromatic carbocycles. The number of carbonyl (C=O) groups is 1. The summed E-state index contributed by atoms with van der Waals surface area (Å²) in [5, 5.41) is 4.59. The van der Waals surface area contributed by atoms with Gasteiger partial charge in [0.25, 0.3) is 5.56 Å². The highest BCUT2D eigenvalue weighted by Crippen LogP contribution is 2.17. The fraction of sp³-hybridized carbons (Fsp3) is 0.368. The third kappa shape index (κ3) is 4.35. The lowest BCUT2D eigenvalue weighted by molar-refractivity contribution is -0.121. The first-order valence-corrected chi connectivity index (χ1v) is 9.50. The summed E-state index contributed by atoms with van der Waals surface area (Å²) in [6, 6.07) is 7.22. The molecular weight excluding hydrogens is 348 g/mol. The number of aryl methyl sites for hydroxylation is 4. The van der Waals surface area contributed by atoms with Crippen molar-refractivity contribution in [2.24, 2.45) is 0 Å². The first-order valence-electron chi connectivity index (χ1n) is 8.68. The molecule has 0 aliphatic heterocycles. The van der Waals surface area contributed by atoms with Crippen molar-refractivity contribution in [3.63, 3.8) is 0 Å². The third-order valence-electron chi connectivity index (χ3n) is 4.27. The van der Waals surface area contributed by atoms with Gasteiger partial charge < -0.3 is 5.32 Å². The van der Waals surface area contributed by atoms with E-state index in [1.165, 1.54) is 15.8 Å². The monoisotopic (exact) mass is 370 g/mol. The van der Waals surface area contributed by atoms with Gasteiger partial charge in [-0.3, -0.25) is 14.2 Å². The molecule has 3 rings (SSSR count). The van der Waals surface area contributed by atoms with Gasteiger partial charge in [0.1, 0.15) is 0 Å². The number of nitrogens with one attached hydrogen (secondary N) is 1. The van der Waals surface area contributed by atoms with Crippen molar-refractivity contribution in [2.45, 2.75) is 39.7 Å². The molecular formula is C19H22N4O2S. The second-order valence-corrected chi connectivity index (χ2v) is 7.50. The molecule has 7 heteroatoms. The number of para-hydroxylation sites is 1. The minimum atomic E-state index is -0.113. The maximum atomic E-state index is 12.4. The zero-order valence-corrected chi connectivity index (χ0v) is 15.8. The largest absolute Gasteiger partial charge is 0.356 e. The van der Waals surface area contributed by atoms with Crippen LogP contribution in [0.3, 0.4) is 0 Å².